The molecule has 1 aliphatic carbocycles. The van der Waals surface area contributed by atoms with Crippen LogP contribution in [0.3, 0.4) is 0 Å². The van der Waals surface area contributed by atoms with E-state index in [0.717, 1.165) is 24.3 Å². The molecule has 1 fully saturated rings. The molecule has 1 N–H and O–H groups in total. The van der Waals surface area contributed by atoms with Crippen LogP contribution in [-0.2, 0) is 4.79 Å². The Morgan fingerprint density at radius 2 is 2.06 bits per heavy atom. The summed E-state index contributed by atoms with van der Waals surface area (Å²) in [5, 5.41) is 3.72. The number of hydrogen-bond donors (Lipinski definition) is 1. The van der Waals surface area contributed by atoms with Crippen LogP contribution in [0.4, 0.5) is 0 Å². The number of hydrogen-bond acceptors (Lipinski definition) is 1. The van der Waals surface area contributed by atoms with Gasteiger partial charge < -0.3 is 5.32 Å². The Morgan fingerprint density at radius 1 is 1.35 bits per heavy atom. The third-order valence-electron chi connectivity index (χ3n) is 3.22. The van der Waals surface area contributed by atoms with Gasteiger partial charge in [0.25, 0.3) is 0 Å². The molecule has 1 radical (unpaired) electrons. The first-order valence-electron chi connectivity index (χ1n) is 6.03. The van der Waals surface area contributed by atoms with Crippen molar-refractivity contribution in [2.45, 2.75) is 38.5 Å². The highest BCUT2D eigenvalue weighted by Gasteiger charge is 2.24. The van der Waals surface area contributed by atoms with Crippen LogP contribution in [0.25, 0.3) is 0 Å². The van der Waals surface area contributed by atoms with E-state index in [2.05, 4.69) is 17.4 Å². The first-order chi connectivity index (χ1) is 8.15. The Kier molecular flexibility index (Phi) is 4.06. The third kappa shape index (κ3) is 3.47. The molecule has 17 heavy (non-hydrogen) atoms. The molecule has 2 nitrogen and oxygen atoms in total. The predicted octanol–water partition coefficient (Wildman–Crippen LogP) is 3.67. The lowest BCUT2D eigenvalue weighted by Gasteiger charge is -2.29. The van der Waals surface area contributed by atoms with Gasteiger partial charge in [0.2, 0.25) is 5.91 Å². The Labute approximate surface area is 107 Å². The van der Waals surface area contributed by atoms with E-state index < -0.39 is 0 Å². The van der Waals surface area contributed by atoms with Gasteiger partial charge in [-0.05, 0) is 42.9 Å². The molecule has 3 heteroatoms. The number of halogens is 1. The van der Waals surface area contributed by atoms with E-state index in [4.69, 9.17) is 11.6 Å². The smallest absolute Gasteiger partial charge is 0.217 e. The van der Waals surface area contributed by atoms with Crippen LogP contribution in [0, 0.1) is 6.04 Å². The van der Waals surface area contributed by atoms with Crippen molar-refractivity contribution in [2.75, 3.05) is 0 Å². The molecule has 91 valence electrons. The Balaban J connectivity index is 2.01. The molecule has 0 spiro atoms. The minimum Gasteiger partial charge on any atom is -0.349 e. The summed E-state index contributed by atoms with van der Waals surface area (Å²) in [5.41, 5.74) is 1.32. The molecule has 1 aromatic carbocycles. The van der Waals surface area contributed by atoms with E-state index in [1.165, 1.54) is 18.0 Å². The van der Waals surface area contributed by atoms with Crippen molar-refractivity contribution in [3.05, 3.63) is 40.9 Å². The molecule has 0 aromatic heterocycles. The molecular formula is C14H17ClNO. The van der Waals surface area contributed by atoms with Crippen molar-refractivity contribution < 1.29 is 4.79 Å². The number of nitrogens with one attached hydrogen (secondary N) is 1. The molecule has 2 rings (SSSR count). The van der Waals surface area contributed by atoms with Crippen LogP contribution in [0.15, 0.2) is 24.3 Å². The lowest BCUT2D eigenvalue weighted by atomic mass is 9.81. The van der Waals surface area contributed by atoms with Crippen LogP contribution < -0.4 is 5.32 Å². The van der Waals surface area contributed by atoms with E-state index in [-0.39, 0.29) is 5.91 Å². The van der Waals surface area contributed by atoms with Crippen molar-refractivity contribution in [3.63, 3.8) is 0 Å². The average molecular weight is 251 g/mol. The first kappa shape index (κ1) is 12.4. The Bertz CT molecular complexity index is 388. The molecule has 1 amide bonds. The quantitative estimate of drug-likeness (QED) is 0.853. The standard InChI is InChI=1S/C14H17ClNO/c1-10(17)16-14-4-2-3-12(9-14)11-5-7-13(15)8-6-11/h5-8,12H,2-4,9H2,1H3,(H,16,17). The van der Waals surface area contributed by atoms with E-state index in [1.807, 2.05) is 12.1 Å². The zero-order valence-electron chi connectivity index (χ0n) is 10.0. The second-order valence-corrected chi connectivity index (χ2v) is 5.07. The van der Waals surface area contributed by atoms with Gasteiger partial charge in [-0.3, -0.25) is 4.79 Å². The minimum atomic E-state index is 0.0387. The second-order valence-electron chi connectivity index (χ2n) is 4.63. The van der Waals surface area contributed by atoms with Crippen molar-refractivity contribution in [1.29, 1.82) is 0 Å². The summed E-state index contributed by atoms with van der Waals surface area (Å²) in [6.07, 6.45) is 4.30. The fourth-order valence-corrected chi connectivity index (χ4v) is 2.57. The van der Waals surface area contributed by atoms with Crippen molar-refractivity contribution >= 4 is 17.5 Å². The number of carbonyl (C=O) groups is 1. The monoisotopic (exact) mass is 250 g/mol. The Hall–Kier alpha value is -1.02. The van der Waals surface area contributed by atoms with Crippen LogP contribution in [0.1, 0.15) is 44.1 Å². The van der Waals surface area contributed by atoms with Gasteiger partial charge in [0.1, 0.15) is 0 Å². The van der Waals surface area contributed by atoms with Crippen LogP contribution in [0.2, 0.25) is 5.02 Å². The molecule has 1 atom stereocenters. The second kappa shape index (κ2) is 5.54. The average Bonchev–Trinajstić information content (AvgIpc) is 2.29. The SMILES string of the molecule is CC(=O)N[C]1CCCC(c2ccc(Cl)cc2)C1. The van der Waals surface area contributed by atoms with Crippen molar-refractivity contribution in [3.8, 4) is 0 Å². The molecule has 0 saturated heterocycles. The van der Waals surface area contributed by atoms with E-state index in [0.29, 0.717) is 5.92 Å². The zero-order valence-corrected chi connectivity index (χ0v) is 10.8. The lowest BCUT2D eigenvalue weighted by molar-refractivity contribution is -0.118. The third-order valence-corrected chi connectivity index (χ3v) is 3.47. The zero-order chi connectivity index (χ0) is 12.3. The minimum absolute atomic E-state index is 0.0387. The number of benzene rings is 1. The molecule has 1 unspecified atom stereocenters. The van der Waals surface area contributed by atoms with Gasteiger partial charge in [-0.25, -0.2) is 0 Å². The normalized spacial score (nSPS) is 21.2. The predicted molar refractivity (Wildman–Crippen MR) is 69.7 cm³/mol. The Morgan fingerprint density at radius 3 is 2.71 bits per heavy atom. The maximum absolute atomic E-state index is 11.1. The molecule has 0 aliphatic heterocycles. The largest absolute Gasteiger partial charge is 0.349 e. The van der Waals surface area contributed by atoms with Gasteiger partial charge in [-0.2, -0.15) is 0 Å². The summed E-state index contributed by atoms with van der Waals surface area (Å²) in [5.74, 6) is 0.555. The van der Waals surface area contributed by atoms with Crippen LogP contribution >= 0.6 is 11.6 Å². The lowest BCUT2D eigenvalue weighted by Crippen LogP contribution is -2.29. The van der Waals surface area contributed by atoms with Gasteiger partial charge in [0.15, 0.2) is 0 Å². The van der Waals surface area contributed by atoms with Crippen LogP contribution in [0.5, 0.6) is 0 Å². The molecule has 0 heterocycles. The van der Waals surface area contributed by atoms with Gasteiger partial charge in [-0.15, -0.1) is 0 Å². The summed E-state index contributed by atoms with van der Waals surface area (Å²) in [6.45, 7) is 1.57. The molecule has 1 saturated carbocycles. The maximum atomic E-state index is 11.1. The maximum Gasteiger partial charge on any atom is 0.217 e. The van der Waals surface area contributed by atoms with Gasteiger partial charge in [0, 0.05) is 11.9 Å². The fraction of sp³-hybridized carbons (Fsp3) is 0.429. The topological polar surface area (TPSA) is 29.1 Å². The summed E-state index contributed by atoms with van der Waals surface area (Å²) in [6, 6.07) is 9.21. The highest BCUT2D eigenvalue weighted by atomic mass is 35.5. The summed E-state index contributed by atoms with van der Waals surface area (Å²) in [7, 11) is 0. The van der Waals surface area contributed by atoms with Crippen LogP contribution in [-0.4, -0.2) is 5.91 Å². The number of rotatable bonds is 2. The molecule has 1 aromatic rings. The molecule has 1 aliphatic rings. The first-order valence-corrected chi connectivity index (χ1v) is 6.40. The van der Waals surface area contributed by atoms with Crippen molar-refractivity contribution in [1.82, 2.24) is 5.32 Å². The van der Waals surface area contributed by atoms with E-state index >= 15 is 0 Å². The summed E-state index contributed by atoms with van der Waals surface area (Å²) >= 11 is 5.89. The van der Waals surface area contributed by atoms with E-state index in [9.17, 15) is 4.79 Å². The summed E-state index contributed by atoms with van der Waals surface area (Å²) < 4.78 is 0. The number of amides is 1. The highest BCUT2D eigenvalue weighted by Crippen LogP contribution is 2.36. The van der Waals surface area contributed by atoms with E-state index in [1.54, 1.807) is 6.92 Å². The fourth-order valence-electron chi connectivity index (χ4n) is 2.45. The number of carbonyl (C=O) groups excluding carboxylic acids is 1. The molecular weight excluding hydrogens is 234 g/mol. The van der Waals surface area contributed by atoms with Crippen molar-refractivity contribution in [2.24, 2.45) is 0 Å². The molecule has 0 bridgehead atoms. The van der Waals surface area contributed by atoms with Gasteiger partial charge in [0.05, 0.1) is 6.04 Å². The van der Waals surface area contributed by atoms with Gasteiger partial charge in [-0.1, -0.05) is 30.2 Å². The summed E-state index contributed by atoms with van der Waals surface area (Å²) in [4.78, 5) is 11.1. The highest BCUT2D eigenvalue weighted by molar-refractivity contribution is 6.30. The van der Waals surface area contributed by atoms with Gasteiger partial charge >= 0.3 is 0 Å².